The van der Waals surface area contributed by atoms with Crippen LogP contribution in [-0.4, -0.2) is 52.7 Å². The molecule has 0 radical (unpaired) electrons. The standard InChI is InChI=1S/C23H21BrClN5O2/c24-15-13-17(22(26)27-14-15)21(31)19-7-3-8-20(28-19)29-9-4-10-30(12-11-29)23(32)16-5-1-2-6-18(16)25/h1-3,5-8,13-14H,4,9-12H2,(H2,26,27). The predicted octanol–water partition coefficient (Wildman–Crippen LogP) is 4.06. The first-order chi connectivity index (χ1) is 15.4. The van der Waals surface area contributed by atoms with Crippen LogP contribution in [0.1, 0.15) is 32.8 Å². The second-order valence-electron chi connectivity index (χ2n) is 7.41. The SMILES string of the molecule is Nc1ncc(Br)cc1C(=O)c1cccc(N2CCCN(C(=O)c3ccccc3Cl)CC2)n1. The highest BCUT2D eigenvalue weighted by Crippen LogP contribution is 2.22. The van der Waals surface area contributed by atoms with Gasteiger partial charge in [0.1, 0.15) is 17.3 Å². The van der Waals surface area contributed by atoms with Gasteiger partial charge in [0.15, 0.2) is 0 Å². The monoisotopic (exact) mass is 513 g/mol. The summed E-state index contributed by atoms with van der Waals surface area (Å²) < 4.78 is 0.669. The van der Waals surface area contributed by atoms with Crippen molar-refractivity contribution in [3.8, 4) is 0 Å². The molecular weight excluding hydrogens is 494 g/mol. The Hall–Kier alpha value is -2.97. The number of halogens is 2. The second-order valence-corrected chi connectivity index (χ2v) is 8.73. The normalized spacial score (nSPS) is 14.2. The van der Waals surface area contributed by atoms with Crippen molar-refractivity contribution in [1.82, 2.24) is 14.9 Å². The molecule has 9 heteroatoms. The largest absolute Gasteiger partial charge is 0.383 e. The van der Waals surface area contributed by atoms with Crippen LogP contribution in [0.2, 0.25) is 5.02 Å². The van der Waals surface area contributed by atoms with Crippen LogP contribution in [0.3, 0.4) is 0 Å². The second kappa shape index (κ2) is 9.67. The van der Waals surface area contributed by atoms with Gasteiger partial charge in [0, 0.05) is 36.8 Å². The lowest BCUT2D eigenvalue weighted by molar-refractivity contribution is 0.0767. The lowest BCUT2D eigenvalue weighted by atomic mass is 10.1. The first-order valence-corrected chi connectivity index (χ1v) is 11.3. The Morgan fingerprint density at radius 3 is 2.62 bits per heavy atom. The van der Waals surface area contributed by atoms with Crippen molar-refractivity contribution in [2.75, 3.05) is 36.8 Å². The fraction of sp³-hybridized carbons (Fsp3) is 0.217. The minimum Gasteiger partial charge on any atom is -0.383 e. The average molecular weight is 515 g/mol. The molecule has 1 aliphatic heterocycles. The third-order valence-electron chi connectivity index (χ3n) is 5.31. The molecule has 4 rings (SSSR count). The summed E-state index contributed by atoms with van der Waals surface area (Å²) in [7, 11) is 0. The van der Waals surface area contributed by atoms with Crippen molar-refractivity contribution in [2.45, 2.75) is 6.42 Å². The summed E-state index contributed by atoms with van der Waals surface area (Å²) in [5, 5.41) is 0.452. The molecule has 1 amide bonds. The van der Waals surface area contributed by atoms with E-state index in [-0.39, 0.29) is 17.5 Å². The summed E-state index contributed by atoms with van der Waals surface area (Å²) in [4.78, 5) is 38.4. The Morgan fingerprint density at radius 2 is 1.81 bits per heavy atom. The van der Waals surface area contributed by atoms with Gasteiger partial charge in [-0.15, -0.1) is 0 Å². The molecule has 3 heterocycles. The van der Waals surface area contributed by atoms with E-state index in [1.54, 1.807) is 42.6 Å². The van der Waals surface area contributed by atoms with Gasteiger partial charge in [0.25, 0.3) is 5.91 Å². The van der Waals surface area contributed by atoms with Crippen LogP contribution in [0.25, 0.3) is 0 Å². The van der Waals surface area contributed by atoms with Gasteiger partial charge >= 0.3 is 0 Å². The third kappa shape index (κ3) is 4.76. The maximum absolute atomic E-state index is 13.0. The van der Waals surface area contributed by atoms with E-state index in [2.05, 4.69) is 30.8 Å². The van der Waals surface area contributed by atoms with Crippen LogP contribution in [-0.2, 0) is 0 Å². The molecule has 0 bridgehead atoms. The number of nitrogens with zero attached hydrogens (tertiary/aromatic N) is 4. The average Bonchev–Trinajstić information content (AvgIpc) is 3.06. The summed E-state index contributed by atoms with van der Waals surface area (Å²) >= 11 is 9.53. The maximum Gasteiger partial charge on any atom is 0.255 e. The molecule has 1 fully saturated rings. The van der Waals surface area contributed by atoms with Gasteiger partial charge in [-0.3, -0.25) is 9.59 Å². The summed E-state index contributed by atoms with van der Waals surface area (Å²) in [5.74, 6) is 0.480. The number of ketones is 1. The third-order valence-corrected chi connectivity index (χ3v) is 6.07. The maximum atomic E-state index is 13.0. The van der Waals surface area contributed by atoms with Crippen molar-refractivity contribution >= 4 is 50.9 Å². The number of amides is 1. The van der Waals surface area contributed by atoms with Crippen molar-refractivity contribution in [3.63, 3.8) is 0 Å². The minimum absolute atomic E-state index is 0.0769. The molecule has 0 aliphatic carbocycles. The van der Waals surface area contributed by atoms with Crippen LogP contribution in [0.5, 0.6) is 0 Å². The lowest BCUT2D eigenvalue weighted by Gasteiger charge is -2.23. The van der Waals surface area contributed by atoms with Gasteiger partial charge in [-0.1, -0.05) is 29.8 Å². The highest BCUT2D eigenvalue weighted by atomic mass is 79.9. The number of carbonyl (C=O) groups is 2. The molecule has 1 aliphatic rings. The van der Waals surface area contributed by atoms with E-state index in [4.69, 9.17) is 17.3 Å². The van der Waals surface area contributed by atoms with Gasteiger partial charge in [-0.05, 0) is 52.7 Å². The smallest absolute Gasteiger partial charge is 0.255 e. The number of hydrogen-bond donors (Lipinski definition) is 1. The van der Waals surface area contributed by atoms with Crippen molar-refractivity contribution in [1.29, 1.82) is 0 Å². The number of benzene rings is 1. The zero-order chi connectivity index (χ0) is 22.7. The number of hydrogen-bond acceptors (Lipinski definition) is 6. The number of nitrogens with two attached hydrogens (primary N) is 1. The first kappa shape index (κ1) is 22.2. The number of nitrogen functional groups attached to an aromatic ring is 1. The van der Waals surface area contributed by atoms with Crippen molar-refractivity contribution in [2.24, 2.45) is 0 Å². The zero-order valence-electron chi connectivity index (χ0n) is 17.2. The van der Waals surface area contributed by atoms with Crippen LogP contribution in [0.4, 0.5) is 11.6 Å². The molecule has 0 unspecified atom stereocenters. The van der Waals surface area contributed by atoms with E-state index in [0.29, 0.717) is 51.8 Å². The van der Waals surface area contributed by atoms with Gasteiger partial charge in [0.05, 0.1) is 16.1 Å². The van der Waals surface area contributed by atoms with Gasteiger partial charge in [-0.2, -0.15) is 0 Å². The van der Waals surface area contributed by atoms with Gasteiger partial charge in [-0.25, -0.2) is 9.97 Å². The number of rotatable bonds is 4. The predicted molar refractivity (Wildman–Crippen MR) is 128 cm³/mol. The Morgan fingerprint density at radius 1 is 1.00 bits per heavy atom. The van der Waals surface area contributed by atoms with Crippen LogP contribution < -0.4 is 10.6 Å². The van der Waals surface area contributed by atoms with E-state index < -0.39 is 0 Å². The van der Waals surface area contributed by atoms with Crippen LogP contribution >= 0.6 is 27.5 Å². The van der Waals surface area contributed by atoms with Crippen LogP contribution in [0, 0.1) is 0 Å². The first-order valence-electron chi connectivity index (χ1n) is 10.2. The fourth-order valence-electron chi connectivity index (χ4n) is 3.65. The van der Waals surface area contributed by atoms with E-state index in [0.717, 1.165) is 13.0 Å². The molecule has 32 heavy (non-hydrogen) atoms. The molecule has 1 aromatic carbocycles. The van der Waals surface area contributed by atoms with Crippen molar-refractivity contribution < 1.29 is 9.59 Å². The molecule has 2 N–H and O–H groups in total. The molecule has 0 saturated carbocycles. The summed E-state index contributed by atoms with van der Waals surface area (Å²) in [5.41, 5.74) is 7.00. The van der Waals surface area contributed by atoms with Crippen molar-refractivity contribution in [3.05, 3.63) is 81.0 Å². The van der Waals surface area contributed by atoms with Gasteiger partial charge in [0.2, 0.25) is 5.78 Å². The molecule has 2 aromatic heterocycles. The zero-order valence-corrected chi connectivity index (χ0v) is 19.5. The summed E-state index contributed by atoms with van der Waals surface area (Å²) in [6, 6.07) is 14.1. The van der Waals surface area contributed by atoms with Gasteiger partial charge < -0.3 is 15.5 Å². The Balaban J connectivity index is 1.50. The van der Waals surface area contributed by atoms with E-state index in [1.807, 2.05) is 17.0 Å². The number of anilines is 2. The molecule has 0 spiro atoms. The summed E-state index contributed by atoms with van der Waals surface area (Å²) in [6.07, 6.45) is 2.32. The molecule has 1 saturated heterocycles. The highest BCUT2D eigenvalue weighted by Gasteiger charge is 2.23. The molecule has 164 valence electrons. The topological polar surface area (TPSA) is 92.4 Å². The van der Waals surface area contributed by atoms with Crippen LogP contribution in [0.15, 0.2) is 59.2 Å². The molecular formula is C23H21BrClN5O2. The van der Waals surface area contributed by atoms with E-state index >= 15 is 0 Å². The molecule has 7 nitrogen and oxygen atoms in total. The highest BCUT2D eigenvalue weighted by molar-refractivity contribution is 9.10. The lowest BCUT2D eigenvalue weighted by Crippen LogP contribution is -2.35. The Bertz CT molecular complexity index is 1170. The number of pyridine rings is 2. The van der Waals surface area contributed by atoms with E-state index in [9.17, 15) is 9.59 Å². The Labute approximate surface area is 199 Å². The van der Waals surface area contributed by atoms with E-state index in [1.165, 1.54) is 0 Å². The Kier molecular flexibility index (Phi) is 6.72. The fourth-order valence-corrected chi connectivity index (χ4v) is 4.20. The minimum atomic E-state index is -0.288. The number of aromatic nitrogens is 2. The quantitative estimate of drug-likeness (QED) is 0.528. The molecule has 3 aromatic rings. The number of carbonyl (C=O) groups excluding carboxylic acids is 2. The summed E-state index contributed by atoms with van der Waals surface area (Å²) in [6.45, 7) is 2.48. The molecule has 0 atom stereocenters.